The van der Waals surface area contributed by atoms with Crippen molar-refractivity contribution in [3.8, 4) is 5.75 Å². The van der Waals surface area contributed by atoms with Crippen LogP contribution in [0.25, 0.3) is 0 Å². The van der Waals surface area contributed by atoms with Gasteiger partial charge in [0.2, 0.25) is 0 Å². The molecule has 0 bridgehead atoms. The average Bonchev–Trinajstić information content (AvgIpc) is 2.29. The van der Waals surface area contributed by atoms with Gasteiger partial charge in [-0.15, -0.1) is 0 Å². The van der Waals surface area contributed by atoms with Crippen molar-refractivity contribution in [3.63, 3.8) is 0 Å². The molecule has 1 aliphatic rings. The molecule has 0 amide bonds. The van der Waals surface area contributed by atoms with Gasteiger partial charge in [0, 0.05) is 12.0 Å². The van der Waals surface area contributed by atoms with E-state index in [1.807, 2.05) is 24.3 Å². The Hall–Kier alpha value is -1.02. The molecule has 16 heavy (non-hydrogen) atoms. The van der Waals surface area contributed by atoms with E-state index in [1.165, 1.54) is 6.42 Å². The maximum atomic E-state index is 10.1. The van der Waals surface area contributed by atoms with Crippen molar-refractivity contribution in [3.05, 3.63) is 29.8 Å². The Morgan fingerprint density at radius 3 is 2.94 bits per heavy atom. The van der Waals surface area contributed by atoms with Gasteiger partial charge in [-0.1, -0.05) is 38.5 Å². The molecular formula is C14H20O2. The zero-order valence-electron chi connectivity index (χ0n) is 10.0. The number of aliphatic hydroxyl groups excluding tert-OH is 1. The molecule has 0 aromatic heterocycles. The van der Waals surface area contributed by atoms with Crippen molar-refractivity contribution in [2.75, 3.05) is 0 Å². The van der Waals surface area contributed by atoms with Gasteiger partial charge in [0.1, 0.15) is 11.9 Å². The lowest BCUT2D eigenvalue weighted by Crippen LogP contribution is -2.31. The molecule has 0 spiro atoms. The Labute approximate surface area is 97.3 Å². The van der Waals surface area contributed by atoms with Gasteiger partial charge >= 0.3 is 0 Å². The van der Waals surface area contributed by atoms with E-state index in [1.54, 1.807) is 0 Å². The van der Waals surface area contributed by atoms with Gasteiger partial charge in [0.15, 0.2) is 0 Å². The van der Waals surface area contributed by atoms with Crippen molar-refractivity contribution in [2.24, 2.45) is 5.92 Å². The predicted molar refractivity (Wildman–Crippen MR) is 64.5 cm³/mol. The molecule has 2 heteroatoms. The lowest BCUT2D eigenvalue weighted by Gasteiger charge is -2.33. The smallest absolute Gasteiger partial charge is 0.125 e. The first kappa shape index (κ1) is 11.5. The van der Waals surface area contributed by atoms with Gasteiger partial charge < -0.3 is 9.84 Å². The summed E-state index contributed by atoms with van der Waals surface area (Å²) in [6, 6.07) is 7.80. The van der Waals surface area contributed by atoms with Crippen LogP contribution in [0.3, 0.4) is 0 Å². The minimum absolute atomic E-state index is 0.157. The lowest BCUT2D eigenvalue weighted by atomic mass is 9.90. The first-order valence-corrected chi connectivity index (χ1v) is 6.16. The van der Waals surface area contributed by atoms with Crippen LogP contribution in [-0.2, 0) is 0 Å². The number of hydrogen-bond donors (Lipinski definition) is 1. The Morgan fingerprint density at radius 1 is 1.44 bits per heavy atom. The normalized spacial score (nSPS) is 25.7. The molecule has 0 saturated carbocycles. The molecule has 0 fully saturated rings. The molecule has 3 atom stereocenters. The van der Waals surface area contributed by atoms with Crippen LogP contribution >= 0.6 is 0 Å². The molecule has 88 valence electrons. The summed E-state index contributed by atoms with van der Waals surface area (Å²) in [6.07, 6.45) is 2.83. The minimum atomic E-state index is -0.366. The third-order valence-corrected chi connectivity index (χ3v) is 3.39. The Balaban J connectivity index is 2.14. The van der Waals surface area contributed by atoms with Gasteiger partial charge in [0.05, 0.1) is 6.10 Å². The largest absolute Gasteiger partial charge is 0.490 e. The molecule has 2 unspecified atom stereocenters. The fourth-order valence-electron chi connectivity index (χ4n) is 2.41. The number of hydrogen-bond acceptors (Lipinski definition) is 2. The van der Waals surface area contributed by atoms with Crippen molar-refractivity contribution in [1.82, 2.24) is 0 Å². The van der Waals surface area contributed by atoms with Crippen LogP contribution in [0.15, 0.2) is 24.3 Å². The van der Waals surface area contributed by atoms with Crippen LogP contribution in [0, 0.1) is 5.92 Å². The third kappa shape index (κ3) is 2.22. The van der Waals surface area contributed by atoms with Gasteiger partial charge in [-0.2, -0.15) is 0 Å². The van der Waals surface area contributed by atoms with E-state index in [4.69, 9.17) is 4.74 Å². The van der Waals surface area contributed by atoms with E-state index in [2.05, 4.69) is 13.8 Å². The van der Waals surface area contributed by atoms with Crippen LogP contribution in [0.5, 0.6) is 5.75 Å². The first-order valence-electron chi connectivity index (χ1n) is 6.16. The summed E-state index contributed by atoms with van der Waals surface area (Å²) in [7, 11) is 0. The van der Waals surface area contributed by atoms with E-state index in [9.17, 15) is 5.11 Å². The molecular weight excluding hydrogens is 200 g/mol. The lowest BCUT2D eigenvalue weighted by molar-refractivity contribution is 0.0361. The standard InChI is InChI=1S/C14H20O2/c1-3-6-10(2)14-9-12(15)11-7-4-5-8-13(11)16-14/h4-5,7-8,10,12,14-15H,3,6,9H2,1-2H3/t10?,12-,14?/m1/s1. The van der Waals surface area contributed by atoms with E-state index >= 15 is 0 Å². The fraction of sp³-hybridized carbons (Fsp3) is 0.571. The molecule has 1 aliphatic heterocycles. The highest BCUT2D eigenvalue weighted by molar-refractivity contribution is 5.36. The summed E-state index contributed by atoms with van der Waals surface area (Å²) < 4.78 is 5.96. The highest BCUT2D eigenvalue weighted by Crippen LogP contribution is 2.37. The first-order chi connectivity index (χ1) is 7.72. The molecule has 2 rings (SSSR count). The molecule has 0 saturated heterocycles. The molecule has 2 nitrogen and oxygen atoms in total. The van der Waals surface area contributed by atoms with Crippen LogP contribution in [0.4, 0.5) is 0 Å². The van der Waals surface area contributed by atoms with Crippen LogP contribution < -0.4 is 4.74 Å². The number of aliphatic hydroxyl groups is 1. The number of para-hydroxylation sites is 1. The molecule has 0 radical (unpaired) electrons. The number of rotatable bonds is 3. The highest BCUT2D eigenvalue weighted by Gasteiger charge is 2.29. The summed E-state index contributed by atoms with van der Waals surface area (Å²) in [5.74, 6) is 1.36. The summed E-state index contributed by atoms with van der Waals surface area (Å²) in [5, 5.41) is 10.1. The highest BCUT2D eigenvalue weighted by atomic mass is 16.5. The number of fused-ring (bicyclic) bond motifs is 1. The monoisotopic (exact) mass is 220 g/mol. The van der Waals surface area contributed by atoms with Crippen molar-refractivity contribution in [2.45, 2.75) is 45.3 Å². The predicted octanol–water partition coefficient (Wildman–Crippen LogP) is 3.31. The zero-order chi connectivity index (χ0) is 11.5. The summed E-state index contributed by atoms with van der Waals surface area (Å²) in [4.78, 5) is 0. The molecule has 0 aliphatic carbocycles. The Bertz CT molecular complexity index is 348. The van der Waals surface area contributed by atoms with Gasteiger partial charge in [0.25, 0.3) is 0 Å². The SMILES string of the molecule is CCCC(C)C1C[C@@H](O)c2ccccc2O1. The molecule has 1 heterocycles. The quantitative estimate of drug-likeness (QED) is 0.846. The summed E-state index contributed by atoms with van der Waals surface area (Å²) in [5.41, 5.74) is 0.933. The second-order valence-electron chi connectivity index (χ2n) is 4.71. The van der Waals surface area contributed by atoms with Crippen molar-refractivity contribution >= 4 is 0 Å². The van der Waals surface area contributed by atoms with Crippen LogP contribution in [0.1, 0.15) is 44.8 Å². The van der Waals surface area contributed by atoms with Gasteiger partial charge in [-0.25, -0.2) is 0 Å². The van der Waals surface area contributed by atoms with Crippen molar-refractivity contribution in [1.29, 1.82) is 0 Å². The van der Waals surface area contributed by atoms with Crippen LogP contribution in [0.2, 0.25) is 0 Å². The van der Waals surface area contributed by atoms with Gasteiger partial charge in [-0.3, -0.25) is 0 Å². The van der Waals surface area contributed by atoms with E-state index < -0.39 is 0 Å². The summed E-state index contributed by atoms with van der Waals surface area (Å²) in [6.45, 7) is 4.39. The average molecular weight is 220 g/mol. The topological polar surface area (TPSA) is 29.5 Å². The maximum Gasteiger partial charge on any atom is 0.125 e. The minimum Gasteiger partial charge on any atom is -0.490 e. The molecule has 1 aromatic rings. The molecule has 1 aromatic carbocycles. The second kappa shape index (κ2) is 4.88. The van der Waals surface area contributed by atoms with E-state index in [-0.39, 0.29) is 12.2 Å². The van der Waals surface area contributed by atoms with Gasteiger partial charge in [-0.05, 0) is 18.4 Å². The Kier molecular flexibility index (Phi) is 3.49. The molecule has 1 N–H and O–H groups in total. The van der Waals surface area contributed by atoms with Crippen molar-refractivity contribution < 1.29 is 9.84 Å². The zero-order valence-corrected chi connectivity index (χ0v) is 10.0. The summed E-state index contributed by atoms with van der Waals surface area (Å²) >= 11 is 0. The van der Waals surface area contributed by atoms with Crippen LogP contribution in [-0.4, -0.2) is 11.2 Å². The maximum absolute atomic E-state index is 10.1. The Morgan fingerprint density at radius 2 is 2.19 bits per heavy atom. The number of ether oxygens (including phenoxy) is 1. The van der Waals surface area contributed by atoms with E-state index in [0.29, 0.717) is 5.92 Å². The van der Waals surface area contributed by atoms with E-state index in [0.717, 1.165) is 24.2 Å². The third-order valence-electron chi connectivity index (χ3n) is 3.39. The second-order valence-corrected chi connectivity index (χ2v) is 4.71. The fourth-order valence-corrected chi connectivity index (χ4v) is 2.41. The number of benzene rings is 1.